The zero-order valence-electron chi connectivity index (χ0n) is 15.4. The lowest BCUT2D eigenvalue weighted by atomic mass is 10.0. The lowest BCUT2D eigenvalue weighted by molar-refractivity contribution is -0.384. The van der Waals surface area contributed by atoms with E-state index in [2.05, 4.69) is 17.2 Å². The predicted molar refractivity (Wildman–Crippen MR) is 104 cm³/mol. The van der Waals surface area contributed by atoms with E-state index in [0.717, 1.165) is 12.0 Å². The lowest BCUT2D eigenvalue weighted by Gasteiger charge is -2.19. The molecular formula is C21H20N4O3. The average Bonchev–Trinajstić information content (AvgIpc) is 3.19. The summed E-state index contributed by atoms with van der Waals surface area (Å²) in [5.74, 6) is 0.614. The summed E-state index contributed by atoms with van der Waals surface area (Å²) in [4.78, 5) is 27.9. The summed E-state index contributed by atoms with van der Waals surface area (Å²) in [6.45, 7) is 2.16. The molecule has 0 bridgehead atoms. The van der Waals surface area contributed by atoms with Crippen LogP contribution in [0.15, 0.2) is 67.3 Å². The van der Waals surface area contributed by atoms with Crippen LogP contribution in [0.1, 0.15) is 35.3 Å². The van der Waals surface area contributed by atoms with Gasteiger partial charge in [-0.05, 0) is 36.0 Å². The Bertz CT molecular complexity index is 1000. The van der Waals surface area contributed by atoms with Crippen LogP contribution in [0.2, 0.25) is 0 Å². The highest BCUT2D eigenvalue weighted by Gasteiger charge is 2.41. The minimum absolute atomic E-state index is 0.101. The quantitative estimate of drug-likeness (QED) is 0.522. The van der Waals surface area contributed by atoms with Crippen molar-refractivity contribution in [2.45, 2.75) is 19.4 Å². The molecule has 3 aromatic rings. The number of rotatable bonds is 6. The van der Waals surface area contributed by atoms with E-state index >= 15 is 0 Å². The molecular weight excluding hydrogens is 356 g/mol. The standard InChI is InChI=1S/C21H20N4O3/c1-14-11-17(14)20(15-5-3-2-4-6-15)23-21(26)16-7-8-18(19(12-16)25(27)28)24-10-9-22-13-24/h2-10,12-14,17,20H,11H2,1H3,(H,23,26). The zero-order chi connectivity index (χ0) is 19.7. The number of carbonyl (C=O) groups excluding carboxylic acids is 1. The maximum absolute atomic E-state index is 12.9. The first-order chi connectivity index (χ1) is 13.5. The van der Waals surface area contributed by atoms with Gasteiger partial charge in [0.05, 0.1) is 17.3 Å². The molecule has 7 heteroatoms. The summed E-state index contributed by atoms with van der Waals surface area (Å²) in [5.41, 5.74) is 1.55. The molecule has 1 amide bonds. The molecule has 1 heterocycles. The fraction of sp³-hybridized carbons (Fsp3) is 0.238. The van der Waals surface area contributed by atoms with Crippen LogP contribution >= 0.6 is 0 Å². The van der Waals surface area contributed by atoms with Crippen molar-refractivity contribution in [2.75, 3.05) is 0 Å². The molecule has 3 atom stereocenters. The molecule has 0 radical (unpaired) electrons. The molecule has 142 valence electrons. The van der Waals surface area contributed by atoms with Gasteiger partial charge in [0.1, 0.15) is 5.69 Å². The van der Waals surface area contributed by atoms with E-state index in [1.54, 1.807) is 29.1 Å². The predicted octanol–water partition coefficient (Wildman–Crippen LogP) is 3.91. The van der Waals surface area contributed by atoms with Gasteiger partial charge in [0, 0.05) is 24.0 Å². The molecule has 0 saturated heterocycles. The van der Waals surface area contributed by atoms with Crippen molar-refractivity contribution < 1.29 is 9.72 Å². The van der Waals surface area contributed by atoms with Gasteiger partial charge in [-0.2, -0.15) is 0 Å². The van der Waals surface area contributed by atoms with Crippen LogP contribution in [0.4, 0.5) is 5.69 Å². The van der Waals surface area contributed by atoms with E-state index in [4.69, 9.17) is 0 Å². The Morgan fingerprint density at radius 2 is 2.04 bits per heavy atom. The van der Waals surface area contributed by atoms with Gasteiger partial charge < -0.3 is 9.88 Å². The fourth-order valence-corrected chi connectivity index (χ4v) is 3.57. The maximum atomic E-state index is 12.9. The van der Waals surface area contributed by atoms with Crippen LogP contribution in [0, 0.1) is 22.0 Å². The molecule has 4 rings (SSSR count). The number of nitrogens with zero attached hydrogens (tertiary/aromatic N) is 3. The molecule has 1 aromatic heterocycles. The Morgan fingerprint density at radius 1 is 1.29 bits per heavy atom. The molecule has 1 saturated carbocycles. The Kier molecular flexibility index (Phi) is 4.65. The normalized spacial score (nSPS) is 19.0. The van der Waals surface area contributed by atoms with E-state index in [1.807, 2.05) is 30.3 Å². The highest BCUT2D eigenvalue weighted by Crippen LogP contribution is 2.47. The minimum Gasteiger partial charge on any atom is -0.345 e. The van der Waals surface area contributed by atoms with Crippen LogP contribution < -0.4 is 5.32 Å². The molecule has 2 aromatic carbocycles. The van der Waals surface area contributed by atoms with Crippen LogP contribution in [0.3, 0.4) is 0 Å². The van der Waals surface area contributed by atoms with Gasteiger partial charge in [0.25, 0.3) is 11.6 Å². The van der Waals surface area contributed by atoms with Crippen LogP contribution in [-0.2, 0) is 0 Å². The van der Waals surface area contributed by atoms with E-state index in [1.165, 1.54) is 12.4 Å². The first-order valence-electron chi connectivity index (χ1n) is 9.17. The van der Waals surface area contributed by atoms with Crippen molar-refractivity contribution in [1.82, 2.24) is 14.9 Å². The van der Waals surface area contributed by atoms with Crippen molar-refractivity contribution in [3.63, 3.8) is 0 Å². The van der Waals surface area contributed by atoms with E-state index in [-0.39, 0.29) is 23.2 Å². The minimum atomic E-state index is -0.482. The summed E-state index contributed by atoms with van der Waals surface area (Å²) in [6.07, 6.45) is 5.72. The van der Waals surface area contributed by atoms with Gasteiger partial charge in [0.15, 0.2) is 0 Å². The molecule has 1 aliphatic rings. The van der Waals surface area contributed by atoms with Gasteiger partial charge in [0.2, 0.25) is 0 Å². The van der Waals surface area contributed by atoms with Crippen molar-refractivity contribution in [3.8, 4) is 5.69 Å². The number of nitro groups is 1. The molecule has 0 aliphatic heterocycles. The molecule has 1 aliphatic carbocycles. The van der Waals surface area contributed by atoms with Crippen molar-refractivity contribution in [3.05, 3.63) is 88.5 Å². The number of carbonyl (C=O) groups is 1. The van der Waals surface area contributed by atoms with Gasteiger partial charge in [-0.3, -0.25) is 14.9 Å². The average molecular weight is 376 g/mol. The molecule has 1 N–H and O–H groups in total. The first kappa shape index (κ1) is 17.9. The smallest absolute Gasteiger partial charge is 0.294 e. The Morgan fingerprint density at radius 3 is 2.64 bits per heavy atom. The maximum Gasteiger partial charge on any atom is 0.294 e. The largest absolute Gasteiger partial charge is 0.345 e. The number of benzene rings is 2. The van der Waals surface area contributed by atoms with Crippen molar-refractivity contribution in [1.29, 1.82) is 0 Å². The first-order valence-corrected chi connectivity index (χ1v) is 9.17. The number of nitro benzene ring substituents is 1. The summed E-state index contributed by atoms with van der Waals surface area (Å²) in [6, 6.07) is 14.2. The van der Waals surface area contributed by atoms with Gasteiger partial charge in [-0.1, -0.05) is 37.3 Å². The lowest BCUT2D eigenvalue weighted by Crippen LogP contribution is -2.30. The Labute approximate surface area is 162 Å². The summed E-state index contributed by atoms with van der Waals surface area (Å²) in [7, 11) is 0. The highest BCUT2D eigenvalue weighted by molar-refractivity contribution is 5.95. The molecule has 7 nitrogen and oxygen atoms in total. The topological polar surface area (TPSA) is 90.1 Å². The SMILES string of the molecule is CC1CC1C(NC(=O)c1ccc(-n2ccnc2)c([N+](=O)[O-])c1)c1ccccc1. The Hall–Kier alpha value is -3.48. The molecule has 28 heavy (non-hydrogen) atoms. The zero-order valence-corrected chi connectivity index (χ0v) is 15.4. The summed E-state index contributed by atoms with van der Waals surface area (Å²) < 4.78 is 1.55. The highest BCUT2D eigenvalue weighted by atomic mass is 16.6. The molecule has 0 spiro atoms. The third-order valence-electron chi connectivity index (χ3n) is 5.26. The van der Waals surface area contributed by atoms with Crippen molar-refractivity contribution >= 4 is 11.6 Å². The van der Waals surface area contributed by atoms with Gasteiger partial charge in [-0.25, -0.2) is 4.98 Å². The van der Waals surface area contributed by atoms with Gasteiger partial charge >= 0.3 is 0 Å². The Balaban J connectivity index is 1.62. The molecule has 1 fully saturated rings. The number of imidazole rings is 1. The van der Waals surface area contributed by atoms with Gasteiger partial charge in [-0.15, -0.1) is 0 Å². The number of nitrogens with one attached hydrogen (secondary N) is 1. The third kappa shape index (κ3) is 3.51. The molecule has 3 unspecified atom stereocenters. The van der Waals surface area contributed by atoms with Crippen LogP contribution in [0.25, 0.3) is 5.69 Å². The monoisotopic (exact) mass is 376 g/mol. The van der Waals surface area contributed by atoms with Crippen molar-refractivity contribution in [2.24, 2.45) is 11.8 Å². The summed E-state index contributed by atoms with van der Waals surface area (Å²) >= 11 is 0. The second-order valence-corrected chi connectivity index (χ2v) is 7.17. The second kappa shape index (κ2) is 7.26. The van der Waals surface area contributed by atoms with Crippen LogP contribution in [0.5, 0.6) is 0 Å². The number of amides is 1. The fourth-order valence-electron chi connectivity index (χ4n) is 3.57. The number of aromatic nitrogens is 2. The third-order valence-corrected chi connectivity index (χ3v) is 5.26. The number of hydrogen-bond donors (Lipinski definition) is 1. The number of hydrogen-bond acceptors (Lipinski definition) is 4. The van der Waals surface area contributed by atoms with E-state index in [9.17, 15) is 14.9 Å². The van der Waals surface area contributed by atoms with E-state index < -0.39 is 4.92 Å². The summed E-state index contributed by atoms with van der Waals surface area (Å²) in [5, 5.41) is 14.6. The second-order valence-electron chi connectivity index (χ2n) is 7.17. The van der Waals surface area contributed by atoms with E-state index in [0.29, 0.717) is 17.5 Å². The van der Waals surface area contributed by atoms with Crippen LogP contribution in [-0.4, -0.2) is 20.4 Å².